The number of hydrogen-bond acceptors (Lipinski definition) is 2. The third-order valence-corrected chi connectivity index (χ3v) is 4.49. The fourth-order valence-electron chi connectivity index (χ4n) is 1.26. The van der Waals surface area contributed by atoms with Gasteiger partial charge in [0, 0.05) is 6.26 Å². The van der Waals surface area contributed by atoms with Gasteiger partial charge in [0.1, 0.15) is 0 Å². The Balaban J connectivity index is 2.43. The highest BCUT2D eigenvalue weighted by molar-refractivity contribution is 7.92. The summed E-state index contributed by atoms with van der Waals surface area (Å²) in [4.78, 5) is 0. The zero-order chi connectivity index (χ0) is 5.99. The van der Waals surface area contributed by atoms with Crippen molar-refractivity contribution in [3.8, 4) is 0 Å². The van der Waals surface area contributed by atoms with Gasteiger partial charge in [-0.3, -0.25) is 0 Å². The molecule has 2 saturated carbocycles. The summed E-state index contributed by atoms with van der Waals surface area (Å²) >= 11 is 0. The summed E-state index contributed by atoms with van der Waals surface area (Å²) in [6.45, 7) is 0. The molecule has 0 amide bonds. The molecule has 3 heteroatoms. The van der Waals surface area contributed by atoms with Crippen molar-refractivity contribution in [3.05, 3.63) is 0 Å². The van der Waals surface area contributed by atoms with Crippen LogP contribution in [0.5, 0.6) is 0 Å². The first-order chi connectivity index (χ1) is 3.56. The van der Waals surface area contributed by atoms with Crippen molar-refractivity contribution >= 4 is 9.84 Å². The highest BCUT2D eigenvalue weighted by Gasteiger charge is 2.76. The van der Waals surface area contributed by atoms with Crippen molar-refractivity contribution in [2.24, 2.45) is 5.92 Å². The Labute approximate surface area is 48.8 Å². The summed E-state index contributed by atoms with van der Waals surface area (Å²) < 4.78 is 21.3. The fourth-order valence-corrected chi connectivity index (χ4v) is 2.88. The molecule has 2 rings (SSSR count). The van der Waals surface area contributed by atoms with Gasteiger partial charge >= 0.3 is 0 Å². The first kappa shape index (κ1) is 4.79. The second-order valence-electron chi connectivity index (χ2n) is 2.94. The molecule has 0 spiro atoms. The molecule has 0 aromatic heterocycles. The maximum absolute atomic E-state index is 10.8. The predicted molar refractivity (Wildman–Crippen MR) is 30.3 cm³/mol. The van der Waals surface area contributed by atoms with Gasteiger partial charge in [-0.05, 0) is 18.8 Å². The van der Waals surface area contributed by atoms with Crippen LogP contribution in [-0.2, 0) is 9.84 Å². The molecule has 0 bridgehead atoms. The second kappa shape index (κ2) is 0.856. The van der Waals surface area contributed by atoms with Crippen molar-refractivity contribution in [1.29, 1.82) is 0 Å². The van der Waals surface area contributed by atoms with Gasteiger partial charge in [0.05, 0.1) is 4.75 Å². The van der Waals surface area contributed by atoms with Gasteiger partial charge < -0.3 is 0 Å². The minimum atomic E-state index is -2.66. The summed E-state index contributed by atoms with van der Waals surface area (Å²) in [5.74, 6) is 0.567. The molecule has 0 aliphatic heterocycles. The van der Waals surface area contributed by atoms with E-state index >= 15 is 0 Å². The van der Waals surface area contributed by atoms with Gasteiger partial charge in [-0.25, -0.2) is 8.42 Å². The van der Waals surface area contributed by atoms with E-state index in [2.05, 4.69) is 0 Å². The van der Waals surface area contributed by atoms with Crippen molar-refractivity contribution in [1.82, 2.24) is 0 Å². The van der Waals surface area contributed by atoms with Crippen LogP contribution in [0.1, 0.15) is 12.8 Å². The third-order valence-electron chi connectivity index (χ3n) is 2.35. The van der Waals surface area contributed by atoms with E-state index in [1.54, 1.807) is 0 Å². The number of sulfone groups is 1. The Bertz CT molecular complexity index is 221. The second-order valence-corrected chi connectivity index (χ2v) is 5.30. The summed E-state index contributed by atoms with van der Waals surface area (Å²) in [5, 5.41) is 0. The van der Waals surface area contributed by atoms with E-state index in [1.807, 2.05) is 0 Å². The van der Waals surface area contributed by atoms with Crippen LogP contribution in [0.4, 0.5) is 0 Å². The Morgan fingerprint density at radius 3 is 1.88 bits per heavy atom. The molecule has 2 fully saturated rings. The molecular formula is C5H8O2S. The molecule has 0 heterocycles. The van der Waals surface area contributed by atoms with Crippen LogP contribution in [0.3, 0.4) is 0 Å². The molecule has 46 valence electrons. The fraction of sp³-hybridized carbons (Fsp3) is 1.00. The van der Waals surface area contributed by atoms with Gasteiger partial charge in [0.25, 0.3) is 0 Å². The SMILES string of the molecule is CS(=O)(=O)C12CC1C2. The predicted octanol–water partition coefficient (Wildman–Crippen LogP) is 0.193. The summed E-state index contributed by atoms with van der Waals surface area (Å²) in [7, 11) is -2.66. The van der Waals surface area contributed by atoms with Gasteiger partial charge in [0.2, 0.25) is 0 Å². The van der Waals surface area contributed by atoms with Gasteiger partial charge in [-0.15, -0.1) is 0 Å². The van der Waals surface area contributed by atoms with Gasteiger partial charge in [-0.2, -0.15) is 0 Å². The van der Waals surface area contributed by atoms with Crippen molar-refractivity contribution in [2.45, 2.75) is 17.6 Å². The Morgan fingerprint density at radius 2 is 1.88 bits per heavy atom. The molecule has 0 aromatic rings. The lowest BCUT2D eigenvalue weighted by molar-refractivity contribution is 0.593. The number of hydrogen-bond donors (Lipinski definition) is 0. The maximum Gasteiger partial charge on any atom is 0.153 e. The molecule has 0 atom stereocenters. The van der Waals surface area contributed by atoms with Crippen LogP contribution in [0, 0.1) is 5.92 Å². The molecule has 0 radical (unpaired) electrons. The van der Waals surface area contributed by atoms with Crippen molar-refractivity contribution in [3.63, 3.8) is 0 Å². The van der Waals surface area contributed by atoms with E-state index in [9.17, 15) is 8.42 Å². The van der Waals surface area contributed by atoms with Crippen LogP contribution in [0.15, 0.2) is 0 Å². The maximum atomic E-state index is 10.8. The van der Waals surface area contributed by atoms with Crippen LogP contribution in [0.2, 0.25) is 0 Å². The standard InChI is InChI=1S/C5H8O2S/c1-8(6,7)5-2-4(5)3-5/h4H,2-3H2,1H3. The van der Waals surface area contributed by atoms with E-state index in [0.29, 0.717) is 5.92 Å². The van der Waals surface area contributed by atoms with E-state index in [0.717, 1.165) is 12.8 Å². The van der Waals surface area contributed by atoms with Crippen molar-refractivity contribution < 1.29 is 8.42 Å². The zero-order valence-electron chi connectivity index (χ0n) is 4.72. The minimum absolute atomic E-state index is 0.174. The quantitative estimate of drug-likeness (QED) is 0.510. The van der Waals surface area contributed by atoms with Crippen LogP contribution < -0.4 is 0 Å². The third kappa shape index (κ3) is 0.332. The smallest absolute Gasteiger partial charge is 0.153 e. The summed E-state index contributed by atoms with van der Waals surface area (Å²) in [6, 6.07) is 0. The molecular weight excluding hydrogens is 124 g/mol. The van der Waals surface area contributed by atoms with Crippen molar-refractivity contribution in [2.75, 3.05) is 6.26 Å². The molecule has 0 N–H and O–H groups in total. The van der Waals surface area contributed by atoms with Gasteiger partial charge in [0.15, 0.2) is 9.84 Å². The first-order valence-electron chi connectivity index (χ1n) is 2.76. The Morgan fingerprint density at radius 1 is 1.50 bits per heavy atom. The molecule has 2 aliphatic rings. The average Bonchev–Trinajstić information content (AvgIpc) is 1.96. The molecule has 0 aromatic carbocycles. The van der Waals surface area contributed by atoms with E-state index in [4.69, 9.17) is 0 Å². The van der Waals surface area contributed by atoms with E-state index in [1.165, 1.54) is 6.26 Å². The molecule has 0 unspecified atom stereocenters. The van der Waals surface area contributed by atoms with Gasteiger partial charge in [-0.1, -0.05) is 0 Å². The Kier molecular flexibility index (Phi) is 0.513. The molecule has 2 nitrogen and oxygen atoms in total. The van der Waals surface area contributed by atoms with Crippen LogP contribution >= 0.6 is 0 Å². The largest absolute Gasteiger partial charge is 0.229 e. The molecule has 8 heavy (non-hydrogen) atoms. The lowest BCUT2D eigenvalue weighted by Gasteiger charge is -1.95. The topological polar surface area (TPSA) is 34.1 Å². The lowest BCUT2D eigenvalue weighted by Crippen LogP contribution is -2.10. The highest BCUT2D eigenvalue weighted by atomic mass is 32.2. The molecule has 2 aliphatic carbocycles. The summed E-state index contributed by atoms with van der Waals surface area (Å²) in [5.41, 5.74) is 0. The number of rotatable bonds is 1. The molecule has 0 saturated heterocycles. The van der Waals surface area contributed by atoms with Crippen LogP contribution in [-0.4, -0.2) is 19.4 Å². The van der Waals surface area contributed by atoms with E-state index in [-0.39, 0.29) is 4.75 Å². The highest BCUT2D eigenvalue weighted by Crippen LogP contribution is 2.71. The monoisotopic (exact) mass is 132 g/mol. The number of fused-ring (bicyclic) bond motifs is 1. The Hall–Kier alpha value is -0.0500. The lowest BCUT2D eigenvalue weighted by atomic mass is 10.4. The summed E-state index contributed by atoms with van der Waals surface area (Å²) in [6.07, 6.45) is 3.25. The minimum Gasteiger partial charge on any atom is -0.229 e. The van der Waals surface area contributed by atoms with E-state index < -0.39 is 9.84 Å². The first-order valence-corrected chi connectivity index (χ1v) is 4.65. The zero-order valence-corrected chi connectivity index (χ0v) is 5.53. The normalized spacial score (nSPS) is 50.4. The average molecular weight is 132 g/mol. The van der Waals surface area contributed by atoms with Crippen LogP contribution in [0.25, 0.3) is 0 Å².